The average molecular weight is 248 g/mol. The summed E-state index contributed by atoms with van der Waals surface area (Å²) in [7, 11) is 0. The van der Waals surface area contributed by atoms with Crippen molar-refractivity contribution < 1.29 is 4.79 Å². The zero-order valence-electron chi connectivity index (χ0n) is 11.2. The minimum absolute atomic E-state index is 0.767. The normalized spacial score (nSPS) is 10.3. The first-order chi connectivity index (χ1) is 8.79. The molecule has 0 aliphatic rings. The molecule has 0 atom stereocenters. The second kappa shape index (κ2) is 8.70. The SMILES string of the molecule is Cc1c(C=O)cccc1NCCCCCCCN. The lowest BCUT2D eigenvalue weighted by molar-refractivity contribution is 0.112. The van der Waals surface area contributed by atoms with Crippen molar-refractivity contribution in [3.05, 3.63) is 29.3 Å². The Morgan fingerprint density at radius 2 is 1.89 bits per heavy atom. The fourth-order valence-electron chi connectivity index (χ4n) is 2.00. The molecule has 0 saturated carbocycles. The van der Waals surface area contributed by atoms with Gasteiger partial charge in [-0.1, -0.05) is 31.4 Å². The van der Waals surface area contributed by atoms with Crippen molar-refractivity contribution in [2.45, 2.75) is 39.0 Å². The lowest BCUT2D eigenvalue weighted by atomic mass is 10.1. The van der Waals surface area contributed by atoms with E-state index in [0.717, 1.165) is 49.0 Å². The number of nitrogens with one attached hydrogen (secondary N) is 1. The van der Waals surface area contributed by atoms with Crippen LogP contribution in [0.1, 0.15) is 48.0 Å². The van der Waals surface area contributed by atoms with E-state index in [1.54, 1.807) is 0 Å². The monoisotopic (exact) mass is 248 g/mol. The molecule has 18 heavy (non-hydrogen) atoms. The van der Waals surface area contributed by atoms with Gasteiger partial charge in [0.2, 0.25) is 0 Å². The Bertz CT molecular complexity index is 364. The van der Waals surface area contributed by atoms with Crippen molar-refractivity contribution in [3.8, 4) is 0 Å². The summed E-state index contributed by atoms with van der Waals surface area (Å²) in [5.41, 5.74) is 8.32. The molecule has 3 nitrogen and oxygen atoms in total. The van der Waals surface area contributed by atoms with E-state index in [1.165, 1.54) is 19.3 Å². The fourth-order valence-corrected chi connectivity index (χ4v) is 2.00. The summed E-state index contributed by atoms with van der Waals surface area (Å²) in [5.74, 6) is 0. The maximum atomic E-state index is 10.8. The Balaban J connectivity index is 2.25. The quantitative estimate of drug-likeness (QED) is 0.521. The number of benzene rings is 1. The van der Waals surface area contributed by atoms with Crippen LogP contribution in [-0.4, -0.2) is 19.4 Å². The maximum Gasteiger partial charge on any atom is 0.150 e. The van der Waals surface area contributed by atoms with Gasteiger partial charge >= 0.3 is 0 Å². The molecular weight excluding hydrogens is 224 g/mol. The lowest BCUT2D eigenvalue weighted by Crippen LogP contribution is -2.04. The molecule has 0 heterocycles. The largest absolute Gasteiger partial charge is 0.385 e. The molecule has 0 aliphatic heterocycles. The van der Waals surface area contributed by atoms with Gasteiger partial charge in [0.05, 0.1) is 0 Å². The topological polar surface area (TPSA) is 55.1 Å². The first-order valence-electron chi connectivity index (χ1n) is 6.78. The summed E-state index contributed by atoms with van der Waals surface area (Å²) >= 11 is 0. The number of carbonyl (C=O) groups is 1. The zero-order valence-corrected chi connectivity index (χ0v) is 11.2. The molecule has 1 aromatic carbocycles. The smallest absolute Gasteiger partial charge is 0.150 e. The van der Waals surface area contributed by atoms with E-state index in [4.69, 9.17) is 5.73 Å². The molecule has 0 bridgehead atoms. The summed E-state index contributed by atoms with van der Waals surface area (Å²) in [5, 5.41) is 3.39. The van der Waals surface area contributed by atoms with Gasteiger partial charge in [-0.2, -0.15) is 0 Å². The van der Waals surface area contributed by atoms with E-state index in [0.29, 0.717) is 0 Å². The summed E-state index contributed by atoms with van der Waals surface area (Å²) in [4.78, 5) is 10.8. The Labute approximate surface area is 110 Å². The molecule has 3 heteroatoms. The number of anilines is 1. The fraction of sp³-hybridized carbons (Fsp3) is 0.533. The highest BCUT2D eigenvalue weighted by molar-refractivity contribution is 5.80. The number of hydrogen-bond donors (Lipinski definition) is 2. The number of hydrogen-bond acceptors (Lipinski definition) is 3. The van der Waals surface area contributed by atoms with Crippen molar-refractivity contribution in [1.82, 2.24) is 0 Å². The summed E-state index contributed by atoms with van der Waals surface area (Å²) in [6.45, 7) is 3.75. The maximum absolute atomic E-state index is 10.8. The van der Waals surface area contributed by atoms with Crippen LogP contribution in [0, 0.1) is 6.92 Å². The lowest BCUT2D eigenvalue weighted by Gasteiger charge is -2.10. The molecule has 0 aliphatic carbocycles. The molecule has 0 fully saturated rings. The predicted octanol–water partition coefficient (Wildman–Crippen LogP) is 3.13. The number of rotatable bonds is 9. The van der Waals surface area contributed by atoms with Crippen molar-refractivity contribution in [2.24, 2.45) is 5.73 Å². The Kier molecular flexibility index (Phi) is 7.11. The van der Waals surface area contributed by atoms with Crippen LogP contribution in [0.3, 0.4) is 0 Å². The standard InChI is InChI=1S/C15H24N2O/c1-13-14(12-18)8-7-9-15(13)17-11-6-4-2-3-5-10-16/h7-9,12,17H,2-6,10-11,16H2,1H3. The van der Waals surface area contributed by atoms with Crippen molar-refractivity contribution in [2.75, 3.05) is 18.4 Å². The Morgan fingerprint density at radius 3 is 2.61 bits per heavy atom. The molecule has 0 amide bonds. The van der Waals surface area contributed by atoms with E-state index in [-0.39, 0.29) is 0 Å². The van der Waals surface area contributed by atoms with Gasteiger partial charge in [-0.05, 0) is 37.9 Å². The van der Waals surface area contributed by atoms with E-state index < -0.39 is 0 Å². The van der Waals surface area contributed by atoms with Crippen LogP contribution in [0.2, 0.25) is 0 Å². The van der Waals surface area contributed by atoms with Gasteiger partial charge in [-0.25, -0.2) is 0 Å². The van der Waals surface area contributed by atoms with Crippen LogP contribution < -0.4 is 11.1 Å². The third kappa shape index (κ3) is 4.88. The van der Waals surface area contributed by atoms with Gasteiger partial charge in [0.25, 0.3) is 0 Å². The molecule has 0 saturated heterocycles. The van der Waals surface area contributed by atoms with Crippen molar-refractivity contribution in [3.63, 3.8) is 0 Å². The molecule has 0 radical (unpaired) electrons. The summed E-state index contributed by atoms with van der Waals surface area (Å²) in [6, 6.07) is 5.79. The minimum atomic E-state index is 0.767. The predicted molar refractivity (Wildman–Crippen MR) is 77.2 cm³/mol. The van der Waals surface area contributed by atoms with E-state index in [1.807, 2.05) is 25.1 Å². The average Bonchev–Trinajstić information content (AvgIpc) is 2.39. The minimum Gasteiger partial charge on any atom is -0.385 e. The van der Waals surface area contributed by atoms with Gasteiger partial charge in [-0.15, -0.1) is 0 Å². The summed E-state index contributed by atoms with van der Waals surface area (Å²) < 4.78 is 0. The number of aldehydes is 1. The third-order valence-electron chi connectivity index (χ3n) is 3.20. The van der Waals surface area contributed by atoms with E-state index >= 15 is 0 Å². The van der Waals surface area contributed by atoms with Crippen molar-refractivity contribution >= 4 is 12.0 Å². The molecule has 3 N–H and O–H groups in total. The Morgan fingerprint density at radius 1 is 1.17 bits per heavy atom. The number of nitrogens with two attached hydrogens (primary N) is 1. The highest BCUT2D eigenvalue weighted by atomic mass is 16.1. The third-order valence-corrected chi connectivity index (χ3v) is 3.20. The van der Waals surface area contributed by atoms with Gasteiger partial charge in [0.15, 0.2) is 0 Å². The first kappa shape index (κ1) is 14.7. The molecule has 100 valence electrons. The molecular formula is C15H24N2O. The van der Waals surface area contributed by atoms with Crippen LogP contribution in [0.5, 0.6) is 0 Å². The van der Waals surface area contributed by atoms with Crippen molar-refractivity contribution in [1.29, 1.82) is 0 Å². The van der Waals surface area contributed by atoms with E-state index in [9.17, 15) is 4.79 Å². The molecule has 0 unspecified atom stereocenters. The number of carbonyl (C=O) groups excluding carboxylic acids is 1. The second-order valence-corrected chi connectivity index (χ2v) is 4.62. The molecule has 0 aromatic heterocycles. The second-order valence-electron chi connectivity index (χ2n) is 4.62. The van der Waals surface area contributed by atoms with Crippen LogP contribution in [0.15, 0.2) is 18.2 Å². The highest BCUT2D eigenvalue weighted by Gasteiger charge is 2.01. The first-order valence-corrected chi connectivity index (χ1v) is 6.78. The van der Waals surface area contributed by atoms with Gasteiger partial charge in [-0.3, -0.25) is 4.79 Å². The van der Waals surface area contributed by atoms with Crippen LogP contribution >= 0.6 is 0 Å². The molecule has 0 spiro atoms. The molecule has 1 aromatic rings. The number of unbranched alkanes of at least 4 members (excludes halogenated alkanes) is 4. The van der Waals surface area contributed by atoms with Crippen LogP contribution in [-0.2, 0) is 0 Å². The summed E-state index contributed by atoms with van der Waals surface area (Å²) in [6.07, 6.45) is 6.93. The Hall–Kier alpha value is -1.35. The van der Waals surface area contributed by atoms with Gasteiger partial charge in [0.1, 0.15) is 6.29 Å². The highest BCUT2D eigenvalue weighted by Crippen LogP contribution is 2.17. The zero-order chi connectivity index (χ0) is 13.2. The van der Waals surface area contributed by atoms with Gasteiger partial charge < -0.3 is 11.1 Å². The van der Waals surface area contributed by atoms with E-state index in [2.05, 4.69) is 5.32 Å². The van der Waals surface area contributed by atoms with Crippen LogP contribution in [0.25, 0.3) is 0 Å². The van der Waals surface area contributed by atoms with Crippen LogP contribution in [0.4, 0.5) is 5.69 Å². The molecule has 1 rings (SSSR count). The van der Waals surface area contributed by atoms with Gasteiger partial charge in [0, 0.05) is 17.8 Å².